The highest BCUT2D eigenvalue weighted by Crippen LogP contribution is 2.32. The Bertz CT molecular complexity index is 849. The highest BCUT2D eigenvalue weighted by molar-refractivity contribution is 9.10. The summed E-state index contributed by atoms with van der Waals surface area (Å²) in [5, 5.41) is 1.87. The third-order valence-electron chi connectivity index (χ3n) is 3.44. The van der Waals surface area contributed by atoms with Gasteiger partial charge in [0.1, 0.15) is 6.61 Å². The molecule has 1 aliphatic rings. The van der Waals surface area contributed by atoms with Crippen molar-refractivity contribution in [1.82, 2.24) is 5.32 Å². The van der Waals surface area contributed by atoms with Gasteiger partial charge < -0.3 is 9.47 Å². The minimum absolute atomic E-state index is 0.356. The van der Waals surface area contributed by atoms with Crippen LogP contribution in [0.1, 0.15) is 11.1 Å². The Hall–Kier alpha value is -2.25. The summed E-state index contributed by atoms with van der Waals surface area (Å²) in [4.78, 5) is 23.3. The molecule has 2 aromatic carbocycles. The lowest BCUT2D eigenvalue weighted by atomic mass is 10.2. The van der Waals surface area contributed by atoms with Crippen molar-refractivity contribution >= 4 is 44.9 Å². The van der Waals surface area contributed by atoms with Crippen molar-refractivity contribution in [2.24, 2.45) is 0 Å². The predicted molar refractivity (Wildman–Crippen MR) is 101 cm³/mol. The molecule has 2 aromatic rings. The SMILES string of the molecule is COc1ccc(/C=C2\SC(=O)NC2=O)cc1OCc1ccc(Br)cc1. The second-order valence-electron chi connectivity index (χ2n) is 5.18. The van der Waals surface area contributed by atoms with Crippen LogP contribution in [0.4, 0.5) is 4.79 Å². The van der Waals surface area contributed by atoms with E-state index in [0.29, 0.717) is 23.0 Å². The topological polar surface area (TPSA) is 64.6 Å². The molecule has 0 aromatic heterocycles. The molecule has 2 amide bonds. The number of carbonyl (C=O) groups is 2. The zero-order chi connectivity index (χ0) is 17.8. The summed E-state index contributed by atoms with van der Waals surface area (Å²) in [6.45, 7) is 0.386. The van der Waals surface area contributed by atoms with Crippen LogP contribution in [0, 0.1) is 0 Å². The normalized spacial score (nSPS) is 15.4. The molecule has 1 saturated heterocycles. The molecule has 1 fully saturated rings. The van der Waals surface area contributed by atoms with E-state index < -0.39 is 0 Å². The van der Waals surface area contributed by atoms with Crippen molar-refractivity contribution in [1.29, 1.82) is 0 Å². The Balaban J connectivity index is 1.80. The number of nitrogens with one attached hydrogen (secondary N) is 1. The van der Waals surface area contributed by atoms with Crippen LogP contribution in [-0.4, -0.2) is 18.3 Å². The molecule has 0 unspecified atom stereocenters. The minimum atomic E-state index is -0.386. The molecule has 0 spiro atoms. The Labute approximate surface area is 157 Å². The van der Waals surface area contributed by atoms with E-state index in [2.05, 4.69) is 21.2 Å². The molecule has 7 heteroatoms. The summed E-state index contributed by atoms with van der Waals surface area (Å²) >= 11 is 4.28. The number of hydrogen-bond acceptors (Lipinski definition) is 5. The highest BCUT2D eigenvalue weighted by Gasteiger charge is 2.25. The van der Waals surface area contributed by atoms with Gasteiger partial charge in [0, 0.05) is 4.47 Å². The van der Waals surface area contributed by atoms with E-state index in [9.17, 15) is 9.59 Å². The summed E-state index contributed by atoms with van der Waals surface area (Å²) in [5.41, 5.74) is 1.77. The number of benzene rings is 2. The molecule has 0 aliphatic carbocycles. The number of halogens is 1. The van der Waals surface area contributed by atoms with Gasteiger partial charge in [-0.1, -0.05) is 34.1 Å². The van der Waals surface area contributed by atoms with Gasteiger partial charge in [0.05, 0.1) is 12.0 Å². The van der Waals surface area contributed by atoms with Gasteiger partial charge in [0.25, 0.3) is 11.1 Å². The van der Waals surface area contributed by atoms with Crippen LogP contribution in [0.3, 0.4) is 0 Å². The molecule has 0 radical (unpaired) electrons. The molecule has 0 saturated carbocycles. The second kappa shape index (κ2) is 7.76. The lowest BCUT2D eigenvalue weighted by Gasteiger charge is -2.12. The lowest BCUT2D eigenvalue weighted by Crippen LogP contribution is -2.17. The average molecular weight is 420 g/mol. The third-order valence-corrected chi connectivity index (χ3v) is 4.77. The van der Waals surface area contributed by atoms with Crippen LogP contribution >= 0.6 is 27.7 Å². The smallest absolute Gasteiger partial charge is 0.290 e. The van der Waals surface area contributed by atoms with E-state index in [4.69, 9.17) is 9.47 Å². The molecule has 0 bridgehead atoms. The average Bonchev–Trinajstić information content (AvgIpc) is 2.92. The quantitative estimate of drug-likeness (QED) is 0.729. The minimum Gasteiger partial charge on any atom is -0.493 e. The lowest BCUT2D eigenvalue weighted by molar-refractivity contribution is -0.115. The number of amides is 2. The molecule has 128 valence electrons. The van der Waals surface area contributed by atoms with Crippen molar-refractivity contribution in [3.8, 4) is 11.5 Å². The van der Waals surface area contributed by atoms with Gasteiger partial charge in [-0.3, -0.25) is 14.9 Å². The van der Waals surface area contributed by atoms with Crippen LogP contribution in [0.25, 0.3) is 6.08 Å². The van der Waals surface area contributed by atoms with Crippen molar-refractivity contribution in [2.75, 3.05) is 7.11 Å². The molecule has 1 aliphatic heterocycles. The largest absolute Gasteiger partial charge is 0.493 e. The first-order valence-corrected chi connectivity index (χ1v) is 8.96. The predicted octanol–water partition coefficient (Wildman–Crippen LogP) is 4.36. The summed E-state index contributed by atoms with van der Waals surface area (Å²) in [6.07, 6.45) is 1.65. The maximum absolute atomic E-state index is 11.7. The van der Waals surface area contributed by atoms with Crippen LogP contribution < -0.4 is 14.8 Å². The van der Waals surface area contributed by atoms with Crippen molar-refractivity contribution in [2.45, 2.75) is 6.61 Å². The molecule has 1 heterocycles. The fourth-order valence-corrected chi connectivity index (χ4v) is 3.16. The Kier molecular flexibility index (Phi) is 5.45. The number of carbonyl (C=O) groups excluding carboxylic acids is 2. The van der Waals surface area contributed by atoms with E-state index in [-0.39, 0.29) is 11.1 Å². The molecule has 1 N–H and O–H groups in total. The molecular formula is C18H14BrNO4S. The van der Waals surface area contributed by atoms with E-state index in [1.807, 2.05) is 24.3 Å². The summed E-state index contributed by atoms with van der Waals surface area (Å²) in [6, 6.07) is 13.2. The summed E-state index contributed by atoms with van der Waals surface area (Å²) < 4.78 is 12.2. The van der Waals surface area contributed by atoms with Crippen LogP contribution in [-0.2, 0) is 11.4 Å². The fourth-order valence-electron chi connectivity index (χ4n) is 2.21. The van der Waals surface area contributed by atoms with Gasteiger partial charge in [0.15, 0.2) is 11.5 Å². The molecule has 25 heavy (non-hydrogen) atoms. The number of thioether (sulfide) groups is 1. The van der Waals surface area contributed by atoms with Gasteiger partial charge in [-0.15, -0.1) is 0 Å². The van der Waals surface area contributed by atoms with E-state index in [1.165, 1.54) is 0 Å². The summed E-state index contributed by atoms with van der Waals surface area (Å²) in [7, 11) is 1.57. The standard InChI is InChI=1S/C18H14BrNO4S/c1-23-14-7-4-12(9-16-17(21)20-18(22)25-16)8-15(14)24-10-11-2-5-13(19)6-3-11/h2-9H,10H2,1H3,(H,20,21,22)/b16-9-. The zero-order valence-electron chi connectivity index (χ0n) is 13.2. The fraction of sp³-hybridized carbons (Fsp3) is 0.111. The van der Waals surface area contributed by atoms with Crippen molar-refractivity contribution in [3.05, 3.63) is 63.0 Å². The number of hydrogen-bond donors (Lipinski definition) is 1. The van der Waals surface area contributed by atoms with Gasteiger partial charge in [-0.25, -0.2) is 0 Å². The molecule has 0 atom stereocenters. The monoisotopic (exact) mass is 419 g/mol. The maximum atomic E-state index is 11.7. The molecular weight excluding hydrogens is 406 g/mol. The summed E-state index contributed by atoms with van der Waals surface area (Å²) in [5.74, 6) is 0.775. The number of ether oxygens (including phenoxy) is 2. The molecule has 5 nitrogen and oxygen atoms in total. The van der Waals surface area contributed by atoms with Crippen LogP contribution in [0.15, 0.2) is 51.8 Å². The van der Waals surface area contributed by atoms with Gasteiger partial charge in [0.2, 0.25) is 0 Å². The first kappa shape index (κ1) is 17.6. The first-order chi connectivity index (χ1) is 12.0. The van der Waals surface area contributed by atoms with Gasteiger partial charge in [-0.05, 0) is 53.2 Å². The van der Waals surface area contributed by atoms with E-state index in [1.54, 1.807) is 31.4 Å². The first-order valence-electron chi connectivity index (χ1n) is 7.35. The van der Waals surface area contributed by atoms with Crippen molar-refractivity contribution in [3.63, 3.8) is 0 Å². The highest BCUT2D eigenvalue weighted by atomic mass is 79.9. The second-order valence-corrected chi connectivity index (χ2v) is 7.11. The Morgan fingerprint density at radius 2 is 1.88 bits per heavy atom. The van der Waals surface area contributed by atoms with Crippen LogP contribution in [0.5, 0.6) is 11.5 Å². The molecule has 3 rings (SSSR count). The number of imide groups is 1. The maximum Gasteiger partial charge on any atom is 0.290 e. The zero-order valence-corrected chi connectivity index (χ0v) is 15.6. The van der Waals surface area contributed by atoms with Crippen LogP contribution in [0.2, 0.25) is 0 Å². The van der Waals surface area contributed by atoms with E-state index in [0.717, 1.165) is 27.4 Å². The van der Waals surface area contributed by atoms with Crippen molar-refractivity contribution < 1.29 is 19.1 Å². The van der Waals surface area contributed by atoms with Gasteiger partial charge in [-0.2, -0.15) is 0 Å². The Morgan fingerprint density at radius 3 is 2.52 bits per heavy atom. The number of rotatable bonds is 5. The third kappa shape index (κ3) is 4.43. The number of methoxy groups -OCH3 is 1. The van der Waals surface area contributed by atoms with Gasteiger partial charge >= 0.3 is 0 Å². The Morgan fingerprint density at radius 1 is 1.12 bits per heavy atom. The van der Waals surface area contributed by atoms with E-state index >= 15 is 0 Å².